The van der Waals surface area contributed by atoms with Crippen LogP contribution in [0, 0.1) is 34.8 Å². The molecule has 2 aliphatic heterocycles. The molecule has 2 heterocycles. The van der Waals surface area contributed by atoms with E-state index >= 15 is 0 Å². The van der Waals surface area contributed by atoms with Gasteiger partial charge < -0.3 is 21.5 Å². The number of nitrogens with zero attached hydrogens (tertiary/aromatic N) is 4. The van der Waals surface area contributed by atoms with E-state index in [-0.39, 0.29) is 37.8 Å². The molecular formula is C94H85BBrCl2N6O2P2PdS2+. The maximum Gasteiger partial charge on any atom is -0.0134 e. The minimum Gasteiger partial charge on any atom is -0.0622 e. The van der Waals surface area contributed by atoms with Gasteiger partial charge in [-0.1, -0.05) is 294 Å². The molecular weight excluding hydrogens is 1640 g/mol. The van der Waals surface area contributed by atoms with Gasteiger partial charge in [0.05, 0.1) is 46.5 Å². The first-order valence-electron chi connectivity index (χ1n) is 37.3. The Labute approximate surface area is 690 Å². The molecule has 5 aliphatic carbocycles. The van der Waals surface area contributed by atoms with E-state index < -0.39 is 23.0 Å². The Kier molecular flexibility index (Phi) is 28.0. The van der Waals surface area contributed by atoms with E-state index in [4.69, 9.17) is 62.4 Å². The fourth-order valence-corrected chi connectivity index (χ4v) is 23.7. The average molecular weight is 1720 g/mol. The Morgan fingerprint density at radius 2 is 0.901 bits per heavy atom. The minimum absolute atomic E-state index is 0.0942. The Balaban J connectivity index is 0.000000125. The maximum atomic E-state index is 8.69. The molecule has 7 aliphatic rings. The monoisotopic (exact) mass is 1720 g/mol. The fraction of sp³-hybridized carbons (Fsp3) is 0.191. The van der Waals surface area contributed by atoms with Crippen molar-refractivity contribution in [3.63, 3.8) is 0 Å². The summed E-state index contributed by atoms with van der Waals surface area (Å²) in [6.45, 7) is 7.40. The summed E-state index contributed by atoms with van der Waals surface area (Å²) < 4.78 is 1.14. The summed E-state index contributed by atoms with van der Waals surface area (Å²) in [7, 11) is 7.24. The van der Waals surface area contributed by atoms with E-state index in [1.54, 1.807) is 41.7 Å². The number of allylic oxidation sites excluding steroid dienone is 6. The second-order valence-electron chi connectivity index (χ2n) is 28.4. The van der Waals surface area contributed by atoms with E-state index in [0.717, 1.165) is 96.1 Å². The molecule has 17 heteroatoms. The Hall–Kier alpha value is -8.26. The molecule has 11 aromatic carbocycles. The number of hydrogen-bond acceptors (Lipinski definition) is 9. The van der Waals surface area contributed by atoms with Crippen LogP contribution in [0.5, 0.6) is 0 Å². The third kappa shape index (κ3) is 18.8. The van der Waals surface area contributed by atoms with E-state index in [1.807, 2.05) is 24.3 Å². The number of hydrogen-bond donors (Lipinski definition) is 4. The number of nitrogens with two attached hydrogens (primary N) is 2. The van der Waals surface area contributed by atoms with Crippen molar-refractivity contribution in [3.8, 4) is 17.2 Å². The molecule has 8 nitrogen and oxygen atoms in total. The SMILES string of the molecule is N#Cc1cccc(B(O)O)c1.NC1=NC2(CCS1)c1cc(Br)ccc1CC21CCC2=C(C=C[C+]=C2)CC1.[C-]#[N+]c1cccc(-c2ccc3c(c2)C2(CCSC(N)=N2)C2(CCc4ccccc4CC2)C3)c1.[Cl][Pd][Cl].c1ccc(P(c2ccccc2)c2ccccc2)cc1.c1ccc(P(c2ccccc2)c2ccccc2)cc1. The van der Waals surface area contributed by atoms with Gasteiger partial charge in [0.25, 0.3) is 0 Å². The van der Waals surface area contributed by atoms with Crippen molar-refractivity contribution in [2.24, 2.45) is 32.3 Å². The largest absolute Gasteiger partial charge is 0.0622 e. The second-order valence-corrected chi connectivity index (χ2v) is 38.3. The zero-order valence-electron chi connectivity index (χ0n) is 61.4. The predicted molar refractivity (Wildman–Crippen MR) is 474 cm³/mol. The average Bonchev–Trinajstić information content (AvgIpc) is 1.56. The number of amidine groups is 2. The minimum atomic E-state index is -1.50. The zero-order chi connectivity index (χ0) is 77.1. The first-order valence-corrected chi connectivity index (χ1v) is 46.8. The Bertz CT molecular complexity index is 4890. The number of aryl methyl sites for hydroxylation is 2. The third-order valence-electron chi connectivity index (χ3n) is 22.3. The van der Waals surface area contributed by atoms with Crippen molar-refractivity contribution in [1.29, 1.82) is 5.26 Å². The summed E-state index contributed by atoms with van der Waals surface area (Å²) in [5, 5.41) is 35.7. The van der Waals surface area contributed by atoms with Gasteiger partial charge in [-0.2, -0.15) is 5.26 Å². The van der Waals surface area contributed by atoms with Crippen LogP contribution in [0.15, 0.2) is 335 Å². The van der Waals surface area contributed by atoms with Crippen LogP contribution < -0.4 is 48.8 Å². The Morgan fingerprint density at radius 3 is 1.34 bits per heavy atom. The molecule has 0 aromatic heterocycles. The molecule has 6 N–H and O–H groups in total. The van der Waals surface area contributed by atoms with Gasteiger partial charge in [-0.3, -0.25) is 9.98 Å². The van der Waals surface area contributed by atoms with Crippen molar-refractivity contribution < 1.29 is 26.0 Å². The van der Waals surface area contributed by atoms with Crippen LogP contribution in [0.2, 0.25) is 0 Å². The molecule has 11 aromatic rings. The van der Waals surface area contributed by atoms with E-state index in [1.165, 1.54) is 101 Å². The first kappa shape index (κ1) is 80.8. The van der Waals surface area contributed by atoms with E-state index in [2.05, 4.69) is 294 Å². The molecule has 0 radical (unpaired) electrons. The van der Waals surface area contributed by atoms with Gasteiger partial charge in [0.1, 0.15) is 12.2 Å². The van der Waals surface area contributed by atoms with Crippen LogP contribution in [0.3, 0.4) is 0 Å². The molecule has 0 bridgehead atoms. The number of thioether (sulfide) groups is 2. The van der Waals surface area contributed by atoms with Gasteiger partial charge in [-0.15, -0.1) is 0 Å². The summed E-state index contributed by atoms with van der Waals surface area (Å²) in [4.78, 5) is 14.1. The molecule has 0 amide bonds. The summed E-state index contributed by atoms with van der Waals surface area (Å²) in [6.07, 6.45) is 23.2. The summed E-state index contributed by atoms with van der Waals surface area (Å²) in [5.41, 5.74) is 27.9. The number of halogens is 3. The van der Waals surface area contributed by atoms with Crippen LogP contribution in [0.4, 0.5) is 5.69 Å². The smallest absolute Gasteiger partial charge is 0.0134 e. The van der Waals surface area contributed by atoms with Crippen LogP contribution in [0.25, 0.3) is 16.0 Å². The van der Waals surface area contributed by atoms with E-state index in [0.29, 0.717) is 16.7 Å². The summed E-state index contributed by atoms with van der Waals surface area (Å²) in [6, 6.07) is 103. The van der Waals surface area contributed by atoms with Crippen molar-refractivity contribution in [2.75, 3.05) is 11.5 Å². The Morgan fingerprint density at radius 1 is 0.486 bits per heavy atom. The van der Waals surface area contributed by atoms with Crippen LogP contribution in [-0.2, 0) is 52.7 Å². The predicted octanol–water partition coefficient (Wildman–Crippen LogP) is 19.6. The third-order valence-corrected chi connectivity index (χ3v) is 29.3. The number of nitriles is 1. The van der Waals surface area contributed by atoms with Crippen LogP contribution >= 0.6 is 74.4 Å². The molecule has 0 saturated carbocycles. The van der Waals surface area contributed by atoms with Gasteiger partial charge >= 0.3 is 42.1 Å². The normalized spacial score (nSPS) is 19.0. The summed E-state index contributed by atoms with van der Waals surface area (Å²) >= 11 is 6.99. The first-order chi connectivity index (χ1) is 54.3. The molecule has 111 heavy (non-hydrogen) atoms. The molecule has 4 spiro atoms. The van der Waals surface area contributed by atoms with Gasteiger partial charge in [-0.25, -0.2) is 4.85 Å². The zero-order valence-corrected chi connectivity index (χ0v) is 69.5. The quantitative estimate of drug-likeness (QED) is 0.0673. The van der Waals surface area contributed by atoms with E-state index in [9.17, 15) is 0 Å². The van der Waals surface area contributed by atoms with Gasteiger partial charge in [-0.05, 0) is 205 Å². The standard InChI is InChI=1S/C29H27N3S.C22H22BrN2S.2C18H15P.C7H6BNO2.2ClH.Pd/c1-31-25-8-4-7-22(17-25)23-9-10-24-19-28(13-11-20-5-2-3-6-21(20)12-14-28)29(26(24)18-23)15-16-33-27(30)32-29;23-18-6-5-17-14-21(9-7-15-3-1-2-4-16(15)8-10-21)22(19(17)13-18)11-12-26-20(24)25-22;2*1-4-10-16(11-5-1)19(17-12-6-2-7-13-17)18-14-8-3-9-15-18;9-5-6-2-1-3-7(4-6)8(10)11;;;/h2-10,17-18H,11-16,19H2,(H2,30,32);1,3-6,13H,7-12,14H2,(H2,24,25);2*1-15H;1-4,10-11H;2*1H;/q;+1;;;;;;+2/p-2. The molecule has 0 saturated heterocycles. The number of rotatable bonds is 8. The van der Waals surface area contributed by atoms with Gasteiger partial charge in [0, 0.05) is 39.3 Å². The van der Waals surface area contributed by atoms with Crippen molar-refractivity contribution >= 4 is 135 Å². The second kappa shape index (κ2) is 38.5. The maximum absolute atomic E-state index is 8.69. The number of benzene rings is 11. The van der Waals surface area contributed by atoms with Gasteiger partial charge in [0.2, 0.25) is 0 Å². The van der Waals surface area contributed by atoms with Gasteiger partial charge in [0.15, 0.2) is 16.0 Å². The topological polar surface area (TPSA) is 145 Å². The van der Waals surface area contributed by atoms with Crippen LogP contribution in [0.1, 0.15) is 90.3 Å². The molecule has 558 valence electrons. The molecule has 3 atom stereocenters. The number of fused-ring (bicyclic) bond motifs is 7. The molecule has 3 unspecified atom stereocenters. The molecule has 0 fully saturated rings. The summed E-state index contributed by atoms with van der Waals surface area (Å²) in [5.74, 6) is 2.07. The van der Waals surface area contributed by atoms with Crippen molar-refractivity contribution in [2.45, 2.75) is 88.1 Å². The molecule has 18 rings (SSSR count). The number of aliphatic imine (C=N–C) groups is 2. The van der Waals surface area contributed by atoms with Crippen molar-refractivity contribution in [1.82, 2.24) is 0 Å². The van der Waals surface area contributed by atoms with Crippen LogP contribution in [-0.4, -0.2) is 39.0 Å². The van der Waals surface area contributed by atoms with Crippen molar-refractivity contribution in [3.05, 3.63) is 381 Å². The fourth-order valence-electron chi connectivity index (χ4n) is 17.1.